The maximum atomic E-state index is 5.40. The number of nitrogens with zero attached hydrogens (tertiary/aromatic N) is 2. The molecule has 0 bridgehead atoms. The number of anilines is 1. The SMILES string of the molecule is COc1nc(NC(C)(C)C)nc2c1CCNCC2. The fourth-order valence-corrected chi connectivity index (χ4v) is 2.07. The van der Waals surface area contributed by atoms with E-state index in [0.29, 0.717) is 11.8 Å². The third kappa shape index (κ3) is 3.10. The van der Waals surface area contributed by atoms with Gasteiger partial charge in [0.25, 0.3) is 0 Å². The van der Waals surface area contributed by atoms with Gasteiger partial charge in [-0.1, -0.05) is 0 Å². The maximum absolute atomic E-state index is 5.40. The fourth-order valence-electron chi connectivity index (χ4n) is 2.07. The van der Waals surface area contributed by atoms with Crippen LogP contribution in [0.15, 0.2) is 0 Å². The molecular formula is C13H22N4O. The molecule has 2 N–H and O–H groups in total. The molecule has 2 heterocycles. The van der Waals surface area contributed by atoms with Gasteiger partial charge in [-0.25, -0.2) is 4.98 Å². The lowest BCUT2D eigenvalue weighted by Gasteiger charge is -2.21. The van der Waals surface area contributed by atoms with Crippen LogP contribution >= 0.6 is 0 Å². The van der Waals surface area contributed by atoms with Gasteiger partial charge < -0.3 is 15.4 Å². The Hall–Kier alpha value is -1.36. The van der Waals surface area contributed by atoms with E-state index in [9.17, 15) is 0 Å². The summed E-state index contributed by atoms with van der Waals surface area (Å²) in [6, 6.07) is 0. The lowest BCUT2D eigenvalue weighted by Crippen LogP contribution is -2.28. The second kappa shape index (κ2) is 5.10. The molecule has 0 aromatic carbocycles. The molecule has 1 aromatic heterocycles. The average molecular weight is 250 g/mol. The van der Waals surface area contributed by atoms with E-state index in [-0.39, 0.29) is 5.54 Å². The summed E-state index contributed by atoms with van der Waals surface area (Å²) in [5, 5.41) is 6.67. The van der Waals surface area contributed by atoms with Crippen molar-refractivity contribution in [3.05, 3.63) is 11.3 Å². The molecule has 1 aliphatic rings. The molecule has 5 nitrogen and oxygen atoms in total. The number of hydrogen-bond donors (Lipinski definition) is 2. The van der Waals surface area contributed by atoms with Crippen LogP contribution < -0.4 is 15.4 Å². The quantitative estimate of drug-likeness (QED) is 0.830. The van der Waals surface area contributed by atoms with Crippen LogP contribution in [0.3, 0.4) is 0 Å². The van der Waals surface area contributed by atoms with Crippen LogP contribution in [0.25, 0.3) is 0 Å². The topological polar surface area (TPSA) is 59.1 Å². The van der Waals surface area contributed by atoms with Gasteiger partial charge in [-0.2, -0.15) is 4.98 Å². The van der Waals surface area contributed by atoms with Crippen LogP contribution in [0.4, 0.5) is 5.95 Å². The zero-order valence-corrected chi connectivity index (χ0v) is 11.6. The first kappa shape index (κ1) is 13.1. The Balaban J connectivity index is 2.37. The lowest BCUT2D eigenvalue weighted by molar-refractivity contribution is 0.390. The molecule has 5 heteroatoms. The minimum atomic E-state index is -0.0533. The Bertz CT molecular complexity index is 426. The van der Waals surface area contributed by atoms with E-state index in [1.807, 2.05) is 0 Å². The number of methoxy groups -OCH3 is 1. The van der Waals surface area contributed by atoms with Crippen molar-refractivity contribution in [2.75, 3.05) is 25.5 Å². The minimum Gasteiger partial charge on any atom is -0.481 e. The fraction of sp³-hybridized carbons (Fsp3) is 0.692. The van der Waals surface area contributed by atoms with Crippen LogP contribution in [0.2, 0.25) is 0 Å². The Labute approximate surface area is 108 Å². The normalized spacial score (nSPS) is 15.8. The number of nitrogens with one attached hydrogen (secondary N) is 2. The molecule has 0 saturated heterocycles. The molecule has 0 spiro atoms. The zero-order valence-electron chi connectivity index (χ0n) is 11.6. The van der Waals surface area contributed by atoms with E-state index >= 15 is 0 Å². The van der Waals surface area contributed by atoms with E-state index < -0.39 is 0 Å². The van der Waals surface area contributed by atoms with Crippen LogP contribution in [0, 0.1) is 0 Å². The van der Waals surface area contributed by atoms with Gasteiger partial charge in [0.05, 0.1) is 12.8 Å². The van der Waals surface area contributed by atoms with Crippen LogP contribution in [0.1, 0.15) is 32.0 Å². The summed E-state index contributed by atoms with van der Waals surface area (Å²) in [5.41, 5.74) is 2.18. The van der Waals surface area contributed by atoms with Gasteiger partial charge in [0.1, 0.15) is 0 Å². The van der Waals surface area contributed by atoms with Crippen LogP contribution in [0.5, 0.6) is 5.88 Å². The molecule has 0 radical (unpaired) electrons. The Morgan fingerprint density at radius 1 is 1.17 bits per heavy atom. The molecule has 0 aliphatic carbocycles. The molecule has 0 fully saturated rings. The molecule has 0 unspecified atom stereocenters. The molecule has 18 heavy (non-hydrogen) atoms. The molecule has 2 rings (SSSR count). The standard InChI is InChI=1S/C13H22N4O/c1-13(2,3)17-12-15-10-6-8-14-7-5-9(10)11(16-12)18-4/h14H,5-8H2,1-4H3,(H,15,16,17). The number of ether oxygens (including phenoxy) is 1. The van der Waals surface area contributed by atoms with E-state index in [4.69, 9.17) is 4.74 Å². The Morgan fingerprint density at radius 3 is 2.56 bits per heavy atom. The van der Waals surface area contributed by atoms with Gasteiger partial charge >= 0.3 is 0 Å². The minimum absolute atomic E-state index is 0.0533. The van der Waals surface area contributed by atoms with E-state index in [2.05, 4.69) is 41.4 Å². The summed E-state index contributed by atoms with van der Waals surface area (Å²) in [6.45, 7) is 8.20. The molecule has 0 amide bonds. The summed E-state index contributed by atoms with van der Waals surface area (Å²) in [4.78, 5) is 9.08. The molecular weight excluding hydrogens is 228 g/mol. The zero-order chi connectivity index (χ0) is 13.2. The summed E-state index contributed by atoms with van der Waals surface area (Å²) >= 11 is 0. The first-order valence-electron chi connectivity index (χ1n) is 6.42. The monoisotopic (exact) mass is 250 g/mol. The van der Waals surface area contributed by atoms with Crippen molar-refractivity contribution in [2.24, 2.45) is 0 Å². The predicted molar refractivity (Wildman–Crippen MR) is 72.2 cm³/mol. The third-order valence-corrected chi connectivity index (χ3v) is 2.83. The number of aromatic nitrogens is 2. The second-order valence-electron chi connectivity index (χ2n) is 5.61. The van der Waals surface area contributed by atoms with Gasteiger partial charge in [-0.15, -0.1) is 0 Å². The summed E-state index contributed by atoms with van der Waals surface area (Å²) < 4.78 is 5.40. The van der Waals surface area contributed by atoms with Crippen molar-refractivity contribution >= 4 is 5.95 Å². The van der Waals surface area contributed by atoms with Crippen molar-refractivity contribution in [1.82, 2.24) is 15.3 Å². The predicted octanol–water partition coefficient (Wildman–Crippen LogP) is 1.38. The van der Waals surface area contributed by atoms with Gasteiger partial charge in [0, 0.05) is 24.1 Å². The highest BCUT2D eigenvalue weighted by Crippen LogP contribution is 2.24. The maximum Gasteiger partial charge on any atom is 0.226 e. The summed E-state index contributed by atoms with van der Waals surface area (Å²) in [5.74, 6) is 1.36. The second-order valence-corrected chi connectivity index (χ2v) is 5.61. The third-order valence-electron chi connectivity index (χ3n) is 2.83. The van der Waals surface area contributed by atoms with Gasteiger partial charge in [-0.05, 0) is 33.7 Å². The number of rotatable bonds is 2. The van der Waals surface area contributed by atoms with Gasteiger partial charge in [-0.3, -0.25) is 0 Å². The Kier molecular flexibility index (Phi) is 3.71. The van der Waals surface area contributed by atoms with Crippen molar-refractivity contribution in [1.29, 1.82) is 0 Å². The van der Waals surface area contributed by atoms with Crippen molar-refractivity contribution in [3.8, 4) is 5.88 Å². The first-order valence-corrected chi connectivity index (χ1v) is 6.42. The lowest BCUT2D eigenvalue weighted by atomic mass is 10.1. The summed E-state index contributed by atoms with van der Waals surface area (Å²) in [6.07, 6.45) is 1.85. The first-order chi connectivity index (χ1) is 8.49. The number of hydrogen-bond acceptors (Lipinski definition) is 5. The number of fused-ring (bicyclic) bond motifs is 1. The van der Waals surface area contributed by atoms with Crippen LogP contribution in [-0.2, 0) is 12.8 Å². The molecule has 1 aliphatic heterocycles. The molecule has 1 aromatic rings. The van der Waals surface area contributed by atoms with Gasteiger partial charge in [0.2, 0.25) is 11.8 Å². The van der Waals surface area contributed by atoms with E-state index in [0.717, 1.165) is 37.2 Å². The highest BCUT2D eigenvalue weighted by atomic mass is 16.5. The average Bonchev–Trinajstić information content (AvgIpc) is 2.50. The molecule has 0 saturated carbocycles. The highest BCUT2D eigenvalue weighted by Gasteiger charge is 2.19. The highest BCUT2D eigenvalue weighted by molar-refractivity contribution is 5.40. The van der Waals surface area contributed by atoms with E-state index in [1.165, 1.54) is 0 Å². The Morgan fingerprint density at radius 2 is 1.89 bits per heavy atom. The summed E-state index contributed by atoms with van der Waals surface area (Å²) in [7, 11) is 1.67. The smallest absolute Gasteiger partial charge is 0.226 e. The van der Waals surface area contributed by atoms with Crippen LogP contribution in [-0.4, -0.2) is 35.7 Å². The molecule has 0 atom stereocenters. The molecule has 100 valence electrons. The van der Waals surface area contributed by atoms with E-state index in [1.54, 1.807) is 7.11 Å². The van der Waals surface area contributed by atoms with Crippen molar-refractivity contribution in [2.45, 2.75) is 39.2 Å². The largest absolute Gasteiger partial charge is 0.481 e. The van der Waals surface area contributed by atoms with Crippen molar-refractivity contribution in [3.63, 3.8) is 0 Å². The van der Waals surface area contributed by atoms with Crippen molar-refractivity contribution < 1.29 is 4.74 Å². The van der Waals surface area contributed by atoms with Gasteiger partial charge in [0.15, 0.2) is 0 Å².